The molecule has 33 heavy (non-hydrogen) atoms. The molecule has 2 heterocycles. The Hall–Kier alpha value is -2.97. The van der Waals surface area contributed by atoms with Crippen molar-refractivity contribution in [1.82, 2.24) is 4.90 Å². The van der Waals surface area contributed by atoms with Crippen molar-refractivity contribution in [3.8, 4) is 16.2 Å². The molecule has 1 aromatic heterocycles. The summed E-state index contributed by atoms with van der Waals surface area (Å²) < 4.78 is 29.9. The number of carbonyl (C=O) groups excluding carboxylic acids is 2. The third kappa shape index (κ3) is 4.45. The van der Waals surface area contributed by atoms with Crippen LogP contribution in [0.4, 0.5) is 14.5 Å². The van der Waals surface area contributed by atoms with Crippen LogP contribution in [0.3, 0.4) is 0 Å². The van der Waals surface area contributed by atoms with E-state index in [-0.39, 0.29) is 11.7 Å². The number of anilines is 1. The number of halogens is 3. The van der Waals surface area contributed by atoms with Crippen LogP contribution in [0, 0.1) is 6.92 Å². The fourth-order valence-corrected chi connectivity index (χ4v) is 4.90. The second-order valence-electron chi connectivity index (χ2n) is 8.31. The van der Waals surface area contributed by atoms with Gasteiger partial charge in [-0.25, -0.2) is 0 Å². The Labute approximate surface area is 198 Å². The van der Waals surface area contributed by atoms with E-state index in [0.29, 0.717) is 16.8 Å². The van der Waals surface area contributed by atoms with E-state index in [2.05, 4.69) is 10.1 Å². The maximum atomic E-state index is 13.1. The Bertz CT molecular complexity index is 1250. The number of carbonyl (C=O) groups is 2. The number of fused-ring (bicyclic) bond motifs is 1. The van der Waals surface area contributed by atoms with Crippen molar-refractivity contribution in [1.29, 1.82) is 0 Å². The molecule has 0 radical (unpaired) electrons. The highest BCUT2D eigenvalue weighted by Crippen LogP contribution is 2.45. The van der Waals surface area contributed by atoms with Crippen LogP contribution in [0.5, 0.6) is 5.75 Å². The number of hydrogen-bond donors (Lipinski definition) is 1. The topological polar surface area (TPSA) is 58.6 Å². The first kappa shape index (κ1) is 23.2. The van der Waals surface area contributed by atoms with Crippen molar-refractivity contribution in [3.63, 3.8) is 0 Å². The van der Waals surface area contributed by atoms with E-state index in [4.69, 9.17) is 11.6 Å². The van der Waals surface area contributed by atoms with E-state index in [1.54, 1.807) is 35.4 Å². The summed E-state index contributed by atoms with van der Waals surface area (Å²) in [7, 11) is 1.75. The molecular formula is C24H21ClF2N2O3S. The molecule has 0 saturated heterocycles. The molecule has 9 heteroatoms. The van der Waals surface area contributed by atoms with Gasteiger partial charge >= 0.3 is 5.57 Å². The van der Waals surface area contributed by atoms with Crippen LogP contribution in [0.1, 0.15) is 45.0 Å². The van der Waals surface area contributed by atoms with Crippen LogP contribution >= 0.6 is 22.9 Å². The van der Waals surface area contributed by atoms with Crippen LogP contribution < -0.4 is 10.1 Å². The Morgan fingerprint density at radius 2 is 1.76 bits per heavy atom. The zero-order valence-corrected chi connectivity index (χ0v) is 19.9. The van der Waals surface area contributed by atoms with Gasteiger partial charge < -0.3 is 15.0 Å². The van der Waals surface area contributed by atoms with E-state index >= 15 is 0 Å². The number of nitrogens with one attached hydrogen (secondary N) is 1. The first-order valence-electron chi connectivity index (χ1n) is 10.1. The average Bonchev–Trinajstić information content (AvgIpc) is 3.24. The van der Waals surface area contributed by atoms with Gasteiger partial charge in [0.25, 0.3) is 11.8 Å². The third-order valence-electron chi connectivity index (χ3n) is 5.74. The molecule has 0 aliphatic carbocycles. The van der Waals surface area contributed by atoms with E-state index in [0.717, 1.165) is 20.9 Å². The van der Waals surface area contributed by atoms with Gasteiger partial charge in [-0.15, -0.1) is 20.1 Å². The lowest BCUT2D eigenvalue weighted by Crippen LogP contribution is -2.35. The molecule has 2 aromatic carbocycles. The minimum absolute atomic E-state index is 0.142. The van der Waals surface area contributed by atoms with Crippen molar-refractivity contribution in [3.05, 3.63) is 70.1 Å². The molecule has 1 aliphatic rings. The molecule has 2 amide bonds. The maximum Gasteiger partial charge on any atom is 0.487 e. The van der Waals surface area contributed by atoms with E-state index in [1.807, 2.05) is 32.9 Å². The van der Waals surface area contributed by atoms with Gasteiger partial charge in [-0.2, -0.15) is 0 Å². The molecule has 3 aromatic rings. The lowest BCUT2D eigenvalue weighted by molar-refractivity contribution is -0.0964. The van der Waals surface area contributed by atoms with E-state index in [1.165, 1.54) is 24.3 Å². The van der Waals surface area contributed by atoms with Gasteiger partial charge in [0.05, 0.1) is 5.54 Å². The first-order chi connectivity index (χ1) is 15.4. The van der Waals surface area contributed by atoms with Crippen molar-refractivity contribution in [2.75, 3.05) is 12.4 Å². The highest BCUT2D eigenvalue weighted by atomic mass is 35.5. The van der Waals surface area contributed by atoms with Crippen LogP contribution in [-0.2, 0) is 5.54 Å². The molecule has 0 fully saturated rings. The number of ether oxygens (including phenoxy) is 1. The second kappa shape index (κ2) is 8.11. The lowest BCUT2D eigenvalue weighted by atomic mass is 9.87. The van der Waals surface area contributed by atoms with Gasteiger partial charge in [0.1, 0.15) is 5.75 Å². The van der Waals surface area contributed by atoms with Crippen LogP contribution in [-0.4, -0.2) is 29.3 Å². The molecule has 0 atom stereocenters. The number of alkyl halides is 3. The van der Waals surface area contributed by atoms with Crippen molar-refractivity contribution < 1.29 is 23.1 Å². The highest BCUT2D eigenvalue weighted by Gasteiger charge is 2.43. The van der Waals surface area contributed by atoms with Crippen molar-refractivity contribution in [2.24, 2.45) is 0 Å². The molecule has 0 bridgehead atoms. The number of aryl methyl sites for hydroxylation is 1. The number of thiophene rings is 1. The first-order valence-corrected chi connectivity index (χ1v) is 11.3. The van der Waals surface area contributed by atoms with Gasteiger partial charge in [0.2, 0.25) is 0 Å². The van der Waals surface area contributed by atoms with Crippen LogP contribution in [0.25, 0.3) is 10.4 Å². The predicted molar refractivity (Wildman–Crippen MR) is 125 cm³/mol. The zero-order valence-electron chi connectivity index (χ0n) is 18.3. The third-order valence-corrected chi connectivity index (χ3v) is 6.85. The minimum Gasteiger partial charge on any atom is -0.420 e. The Kier molecular flexibility index (Phi) is 5.70. The van der Waals surface area contributed by atoms with Gasteiger partial charge in [-0.1, -0.05) is 0 Å². The largest absolute Gasteiger partial charge is 0.487 e. The SMILES string of the molecule is Cc1ccc(-c2cc(C(=O)Nc3ccc(OC(F)(F)Cl)cc3)cc3c2C(C)(C)N(C)C3=O)s1. The van der Waals surface area contributed by atoms with Gasteiger partial charge in [0, 0.05) is 45.2 Å². The zero-order chi connectivity index (χ0) is 24.1. The Morgan fingerprint density at radius 3 is 2.33 bits per heavy atom. The molecule has 5 nitrogen and oxygen atoms in total. The van der Waals surface area contributed by atoms with Crippen LogP contribution in [0.15, 0.2) is 48.5 Å². The van der Waals surface area contributed by atoms with E-state index in [9.17, 15) is 18.4 Å². The molecule has 1 N–H and O–H groups in total. The fraction of sp³-hybridized carbons (Fsp3) is 0.250. The summed E-state index contributed by atoms with van der Waals surface area (Å²) in [6, 6.07) is 12.8. The van der Waals surface area contributed by atoms with Crippen LogP contribution in [0.2, 0.25) is 0 Å². The number of benzene rings is 2. The number of hydrogen-bond acceptors (Lipinski definition) is 4. The molecule has 0 unspecified atom stereocenters. The normalized spacial score (nSPS) is 14.9. The second-order valence-corrected chi connectivity index (χ2v) is 10.0. The molecule has 0 spiro atoms. The number of nitrogens with zero attached hydrogens (tertiary/aromatic N) is 1. The number of amides is 2. The van der Waals surface area contributed by atoms with E-state index < -0.39 is 17.0 Å². The standard InChI is InChI=1S/C24H21ClF2N2O3S/c1-13-5-10-19(33-13)17-11-14(12-18-20(17)23(2,3)29(4)22(18)31)21(30)28-15-6-8-16(9-7-15)32-24(25,26)27/h5-12H,1-4H3,(H,28,30). The molecular weight excluding hydrogens is 470 g/mol. The van der Waals surface area contributed by atoms with Gasteiger partial charge in [0.15, 0.2) is 0 Å². The molecule has 0 saturated carbocycles. The quantitative estimate of drug-likeness (QED) is 0.417. The Balaban J connectivity index is 1.70. The lowest BCUT2D eigenvalue weighted by Gasteiger charge is -2.30. The summed E-state index contributed by atoms with van der Waals surface area (Å²) in [5.41, 5.74) is -1.44. The van der Waals surface area contributed by atoms with Crippen molar-refractivity contribution in [2.45, 2.75) is 31.9 Å². The monoisotopic (exact) mass is 490 g/mol. The predicted octanol–water partition coefficient (Wildman–Crippen LogP) is 6.46. The summed E-state index contributed by atoms with van der Waals surface area (Å²) in [5.74, 6) is -0.719. The summed E-state index contributed by atoms with van der Waals surface area (Å²) in [4.78, 5) is 29.8. The maximum absolute atomic E-state index is 13.1. The summed E-state index contributed by atoms with van der Waals surface area (Å²) in [6.45, 7) is 5.96. The fourth-order valence-electron chi connectivity index (χ4n) is 3.92. The van der Waals surface area contributed by atoms with Crippen molar-refractivity contribution >= 4 is 40.4 Å². The van der Waals surface area contributed by atoms with Gasteiger partial charge in [-0.05, 0) is 80.4 Å². The minimum atomic E-state index is -3.82. The Morgan fingerprint density at radius 1 is 1.12 bits per heavy atom. The number of rotatable bonds is 5. The molecule has 172 valence electrons. The summed E-state index contributed by atoms with van der Waals surface area (Å²) in [5, 5.41) is 2.73. The average molecular weight is 491 g/mol. The summed E-state index contributed by atoms with van der Waals surface area (Å²) in [6.07, 6.45) is 0. The van der Waals surface area contributed by atoms with Gasteiger partial charge in [-0.3, -0.25) is 9.59 Å². The summed E-state index contributed by atoms with van der Waals surface area (Å²) >= 11 is 6.36. The highest BCUT2D eigenvalue weighted by molar-refractivity contribution is 7.15. The molecule has 4 rings (SSSR count). The molecule has 1 aliphatic heterocycles. The smallest absolute Gasteiger partial charge is 0.420 e.